The van der Waals surface area contributed by atoms with Crippen LogP contribution in [0.25, 0.3) is 11.2 Å². The van der Waals surface area contributed by atoms with E-state index in [1.807, 2.05) is 66.7 Å². The maximum Gasteiger partial charge on any atom is 0.219 e. The molecule has 2 aromatic heterocycles. The van der Waals surface area contributed by atoms with Crippen LogP contribution in [0.5, 0.6) is 0 Å². The molecule has 1 aliphatic heterocycles. The molecule has 13 heteroatoms. The second-order valence-electron chi connectivity index (χ2n) is 11.1. The third-order valence-electron chi connectivity index (χ3n) is 7.95. The molecule has 1 fully saturated rings. The number of methoxy groups -OCH3 is 1. The summed E-state index contributed by atoms with van der Waals surface area (Å²) in [4.78, 5) is 13.7. The summed E-state index contributed by atoms with van der Waals surface area (Å²) in [7, 11) is -2.38. The summed E-state index contributed by atoms with van der Waals surface area (Å²) in [5, 5.41) is 24.9. The van der Waals surface area contributed by atoms with Crippen LogP contribution in [0.1, 0.15) is 34.7 Å². The van der Waals surface area contributed by atoms with Gasteiger partial charge in [0.25, 0.3) is 0 Å². The maximum absolute atomic E-state index is 13.2. The highest BCUT2D eigenvalue weighted by atomic mass is 32.2. The molecule has 3 aromatic carbocycles. The van der Waals surface area contributed by atoms with Gasteiger partial charge in [0.15, 0.2) is 23.2 Å². The zero-order chi connectivity index (χ0) is 32.1. The van der Waals surface area contributed by atoms with E-state index < -0.39 is 40.3 Å². The van der Waals surface area contributed by atoms with E-state index in [1.165, 1.54) is 18.0 Å². The van der Waals surface area contributed by atoms with Crippen LogP contribution in [0.3, 0.4) is 0 Å². The average Bonchev–Trinajstić information content (AvgIpc) is 3.61. The van der Waals surface area contributed by atoms with E-state index in [-0.39, 0.29) is 30.5 Å². The van der Waals surface area contributed by atoms with Gasteiger partial charge >= 0.3 is 0 Å². The third kappa shape index (κ3) is 7.09. The van der Waals surface area contributed by atoms with Crippen LogP contribution in [0, 0.1) is 0 Å². The Morgan fingerprint density at radius 3 is 2.17 bits per heavy atom. The topological polar surface area (TPSA) is 161 Å². The number of sulfonamides is 1. The minimum atomic E-state index is -3.86. The number of nitrogens with one attached hydrogen (secondary N) is 2. The Balaban J connectivity index is 1.35. The van der Waals surface area contributed by atoms with Crippen molar-refractivity contribution in [2.75, 3.05) is 25.6 Å². The van der Waals surface area contributed by atoms with E-state index in [0.717, 1.165) is 16.7 Å². The Bertz CT molecular complexity index is 1800. The average molecular weight is 645 g/mol. The van der Waals surface area contributed by atoms with Gasteiger partial charge in [-0.1, -0.05) is 91.0 Å². The normalized spacial score (nSPS) is 20.0. The molecule has 12 nitrogen and oxygen atoms in total. The number of nitrogens with zero attached hydrogens (tertiary/aromatic N) is 4. The lowest BCUT2D eigenvalue weighted by Crippen LogP contribution is -2.33. The fourth-order valence-electron chi connectivity index (χ4n) is 5.60. The SMILES string of the molecule is COCC1OC(n2cnc3c(NCC(c4ccccc4)c4ccccc4)nc(CS(=O)(=O)NCc4ccccc4)nc32)C(O)C1O. The van der Waals surface area contributed by atoms with Gasteiger partial charge in [-0.3, -0.25) is 4.57 Å². The molecule has 0 aliphatic carbocycles. The fourth-order valence-corrected chi connectivity index (χ4v) is 6.56. The number of hydrogen-bond donors (Lipinski definition) is 4. The number of benzene rings is 3. The monoisotopic (exact) mass is 644 g/mol. The van der Waals surface area contributed by atoms with E-state index in [4.69, 9.17) is 9.47 Å². The van der Waals surface area contributed by atoms with Crippen LogP contribution >= 0.6 is 0 Å². The molecule has 4 N–H and O–H groups in total. The van der Waals surface area contributed by atoms with Crippen molar-refractivity contribution in [3.05, 3.63) is 120 Å². The lowest BCUT2D eigenvalue weighted by atomic mass is 9.91. The van der Waals surface area contributed by atoms with Crippen molar-refractivity contribution in [3.63, 3.8) is 0 Å². The molecule has 4 atom stereocenters. The number of anilines is 1. The summed E-state index contributed by atoms with van der Waals surface area (Å²) in [6, 6.07) is 29.3. The van der Waals surface area contributed by atoms with E-state index >= 15 is 0 Å². The molecular formula is C33H36N6O6S. The van der Waals surface area contributed by atoms with Crippen LogP contribution in [0.4, 0.5) is 5.82 Å². The number of rotatable bonds is 13. The van der Waals surface area contributed by atoms with Crippen LogP contribution in [0.15, 0.2) is 97.3 Å². The summed E-state index contributed by atoms with van der Waals surface area (Å²) in [6.45, 7) is 0.605. The summed E-state index contributed by atoms with van der Waals surface area (Å²) in [5.74, 6) is -0.205. The van der Waals surface area contributed by atoms with Crippen LogP contribution < -0.4 is 10.0 Å². The first kappa shape index (κ1) is 31.7. The number of fused-ring (bicyclic) bond motifs is 1. The summed E-state index contributed by atoms with van der Waals surface area (Å²) < 4.78 is 41.6. The molecule has 5 aromatic rings. The number of aromatic nitrogens is 4. The number of imidazole rings is 1. The fraction of sp³-hybridized carbons (Fsp3) is 0.303. The highest BCUT2D eigenvalue weighted by Gasteiger charge is 2.44. The van der Waals surface area contributed by atoms with Crippen molar-refractivity contribution in [2.45, 2.75) is 42.8 Å². The predicted octanol–water partition coefficient (Wildman–Crippen LogP) is 2.96. The molecule has 0 bridgehead atoms. The zero-order valence-electron chi connectivity index (χ0n) is 25.2. The predicted molar refractivity (Wildman–Crippen MR) is 172 cm³/mol. The van der Waals surface area contributed by atoms with Crippen molar-refractivity contribution in [1.29, 1.82) is 0 Å². The first-order chi connectivity index (χ1) is 22.3. The van der Waals surface area contributed by atoms with Gasteiger partial charge in [0, 0.05) is 26.1 Å². The molecule has 0 radical (unpaired) electrons. The van der Waals surface area contributed by atoms with Gasteiger partial charge in [0.05, 0.1) is 12.9 Å². The standard InChI is InChI=1S/C33H36N6O6S/c1-44-19-26-29(40)30(41)33(45-26)39-21-35-28-31(34-18-25(23-13-7-3-8-14-23)24-15-9-4-10-16-24)37-27(38-32(28)39)20-46(42,43)36-17-22-11-5-2-6-12-22/h2-16,21,25-26,29-30,33,36,40-41H,17-20H2,1H3,(H,34,37,38). The smallest absolute Gasteiger partial charge is 0.219 e. The molecule has 1 saturated heterocycles. The largest absolute Gasteiger partial charge is 0.387 e. The quantitative estimate of drug-likeness (QED) is 0.150. The van der Waals surface area contributed by atoms with Crippen molar-refractivity contribution >= 4 is 27.0 Å². The first-order valence-electron chi connectivity index (χ1n) is 14.9. The molecule has 1 aliphatic rings. The van der Waals surface area contributed by atoms with E-state index in [0.29, 0.717) is 17.9 Å². The molecular weight excluding hydrogens is 608 g/mol. The highest BCUT2D eigenvalue weighted by Crippen LogP contribution is 2.33. The van der Waals surface area contributed by atoms with Crippen molar-refractivity contribution in [1.82, 2.24) is 24.2 Å². The molecule has 46 heavy (non-hydrogen) atoms. The Morgan fingerprint density at radius 1 is 0.913 bits per heavy atom. The van der Waals surface area contributed by atoms with Gasteiger partial charge in [-0.25, -0.2) is 28.1 Å². The summed E-state index contributed by atoms with van der Waals surface area (Å²) >= 11 is 0. The van der Waals surface area contributed by atoms with E-state index in [1.54, 1.807) is 0 Å². The second kappa shape index (κ2) is 14.0. The van der Waals surface area contributed by atoms with Gasteiger partial charge in [0.2, 0.25) is 10.0 Å². The molecule has 6 rings (SSSR count). The van der Waals surface area contributed by atoms with Gasteiger partial charge < -0.3 is 25.0 Å². The zero-order valence-corrected chi connectivity index (χ0v) is 26.0. The Morgan fingerprint density at radius 2 is 1.54 bits per heavy atom. The number of ether oxygens (including phenoxy) is 2. The minimum Gasteiger partial charge on any atom is -0.387 e. The lowest BCUT2D eigenvalue weighted by Gasteiger charge is -2.20. The minimum absolute atomic E-state index is 0.0229. The molecule has 0 saturated carbocycles. The number of aliphatic hydroxyl groups excluding tert-OH is 2. The second-order valence-corrected chi connectivity index (χ2v) is 12.9. The summed E-state index contributed by atoms with van der Waals surface area (Å²) in [5.41, 5.74) is 3.60. The van der Waals surface area contributed by atoms with Crippen molar-refractivity contribution < 1.29 is 28.1 Å². The van der Waals surface area contributed by atoms with Crippen LogP contribution in [-0.4, -0.2) is 76.7 Å². The first-order valence-corrected chi connectivity index (χ1v) is 16.6. The Labute approximate surface area is 267 Å². The number of hydrogen-bond acceptors (Lipinski definition) is 10. The van der Waals surface area contributed by atoms with Crippen LogP contribution in [0.2, 0.25) is 0 Å². The van der Waals surface area contributed by atoms with Gasteiger partial charge in [0.1, 0.15) is 29.9 Å². The third-order valence-corrected chi connectivity index (χ3v) is 9.17. The van der Waals surface area contributed by atoms with E-state index in [9.17, 15) is 18.6 Å². The van der Waals surface area contributed by atoms with Gasteiger partial charge in [-0.05, 0) is 16.7 Å². The Hall–Kier alpha value is -4.24. The van der Waals surface area contributed by atoms with Crippen LogP contribution in [-0.2, 0) is 31.8 Å². The lowest BCUT2D eigenvalue weighted by molar-refractivity contribution is -0.0580. The molecule has 4 unspecified atom stereocenters. The van der Waals surface area contributed by atoms with Gasteiger partial charge in [-0.2, -0.15) is 0 Å². The Kier molecular flexibility index (Phi) is 9.68. The van der Waals surface area contributed by atoms with Gasteiger partial charge in [-0.15, -0.1) is 0 Å². The van der Waals surface area contributed by atoms with Crippen molar-refractivity contribution in [2.24, 2.45) is 0 Å². The molecule has 0 spiro atoms. The molecule has 0 amide bonds. The highest BCUT2D eigenvalue weighted by molar-refractivity contribution is 7.88. The van der Waals surface area contributed by atoms with E-state index in [2.05, 4.69) is 49.3 Å². The molecule has 240 valence electrons. The maximum atomic E-state index is 13.2. The number of aliphatic hydroxyl groups is 2. The molecule has 3 heterocycles. The van der Waals surface area contributed by atoms with Crippen molar-refractivity contribution in [3.8, 4) is 0 Å². The summed E-state index contributed by atoms with van der Waals surface area (Å²) in [6.07, 6.45) is -2.88.